The van der Waals surface area contributed by atoms with Gasteiger partial charge in [0.15, 0.2) is 0 Å². The molecule has 3 heteroatoms. The Kier molecular flexibility index (Phi) is 4.09. The maximum atomic E-state index is 13.6. The first kappa shape index (κ1) is 16.3. The van der Waals surface area contributed by atoms with Gasteiger partial charge in [0, 0.05) is 19.3 Å². The zero-order valence-corrected chi connectivity index (χ0v) is 14.0. The second kappa shape index (κ2) is 5.28. The van der Waals surface area contributed by atoms with Gasteiger partial charge in [-0.25, -0.2) is 4.39 Å². The Morgan fingerprint density at radius 2 is 1.67 bits per heavy atom. The molecule has 1 fully saturated rings. The van der Waals surface area contributed by atoms with Crippen LogP contribution in [0.4, 0.5) is 10.1 Å². The van der Waals surface area contributed by atoms with Crippen molar-refractivity contribution in [3.63, 3.8) is 0 Å². The van der Waals surface area contributed by atoms with E-state index >= 15 is 0 Å². The maximum absolute atomic E-state index is 13.6. The molecule has 0 atom stereocenters. The molecule has 1 aliphatic rings. The number of likely N-dealkylation sites (N-methyl/N-ethyl adjacent to an activating group) is 1. The molecule has 0 unspecified atom stereocenters. The van der Waals surface area contributed by atoms with Crippen molar-refractivity contribution in [1.29, 1.82) is 0 Å². The summed E-state index contributed by atoms with van der Waals surface area (Å²) in [4.78, 5) is 2.21. The molecule has 0 bridgehead atoms. The second-order valence-electron chi connectivity index (χ2n) is 8.33. The van der Waals surface area contributed by atoms with E-state index in [1.807, 2.05) is 6.07 Å². The number of nitrogens with two attached hydrogens (primary N) is 1. The molecule has 0 amide bonds. The fourth-order valence-corrected chi connectivity index (χ4v) is 4.74. The van der Waals surface area contributed by atoms with Gasteiger partial charge in [0.2, 0.25) is 0 Å². The largest absolute Gasteiger partial charge is 0.368 e. The molecule has 1 aliphatic carbocycles. The summed E-state index contributed by atoms with van der Waals surface area (Å²) in [5.41, 5.74) is 7.50. The molecule has 0 heterocycles. The Hall–Kier alpha value is -1.09. The third-order valence-electron chi connectivity index (χ3n) is 4.86. The third-order valence-corrected chi connectivity index (χ3v) is 4.86. The van der Waals surface area contributed by atoms with Crippen molar-refractivity contribution >= 4 is 5.69 Å². The quantitative estimate of drug-likeness (QED) is 0.905. The molecule has 1 saturated carbocycles. The predicted molar refractivity (Wildman–Crippen MR) is 88.0 cm³/mol. The molecule has 0 aliphatic heterocycles. The van der Waals surface area contributed by atoms with Crippen LogP contribution >= 0.6 is 0 Å². The van der Waals surface area contributed by atoms with Crippen molar-refractivity contribution in [3.05, 3.63) is 30.1 Å². The van der Waals surface area contributed by atoms with Crippen molar-refractivity contribution in [3.8, 4) is 0 Å². The summed E-state index contributed by atoms with van der Waals surface area (Å²) in [6.07, 6.45) is 3.26. The van der Waals surface area contributed by atoms with E-state index in [-0.39, 0.29) is 22.2 Å². The first-order valence-corrected chi connectivity index (χ1v) is 7.79. The van der Waals surface area contributed by atoms with Crippen LogP contribution in [0.15, 0.2) is 24.3 Å². The number of hydrogen-bond acceptors (Lipinski definition) is 2. The predicted octanol–water partition coefficient (Wildman–Crippen LogP) is 4.20. The second-order valence-corrected chi connectivity index (χ2v) is 8.33. The maximum Gasteiger partial charge on any atom is 0.125 e. The molecular formula is C18H29FN2. The normalized spacial score (nSPS) is 22.8. The van der Waals surface area contributed by atoms with Crippen LogP contribution in [0.25, 0.3) is 0 Å². The highest BCUT2D eigenvalue weighted by molar-refractivity contribution is 5.49. The van der Waals surface area contributed by atoms with Crippen molar-refractivity contribution < 1.29 is 4.39 Å². The lowest BCUT2D eigenvalue weighted by molar-refractivity contribution is 0.0500. The molecule has 1 aromatic carbocycles. The first-order valence-electron chi connectivity index (χ1n) is 7.79. The first-order chi connectivity index (χ1) is 9.59. The minimum Gasteiger partial charge on any atom is -0.368 e. The molecule has 118 valence electrons. The summed E-state index contributed by atoms with van der Waals surface area (Å²) < 4.78 is 13.6. The number of hydrogen-bond donors (Lipinski definition) is 1. The van der Waals surface area contributed by atoms with Gasteiger partial charge in [-0.05, 0) is 48.3 Å². The summed E-state index contributed by atoms with van der Waals surface area (Å²) in [6.45, 7) is 9.86. The Morgan fingerprint density at radius 3 is 2.14 bits per heavy atom. The van der Waals surface area contributed by atoms with Gasteiger partial charge in [0.05, 0.1) is 5.54 Å². The Morgan fingerprint density at radius 1 is 1.10 bits per heavy atom. The number of anilines is 1. The zero-order chi connectivity index (χ0) is 15.9. The summed E-state index contributed by atoms with van der Waals surface area (Å²) in [6, 6.07) is 6.83. The van der Waals surface area contributed by atoms with E-state index in [1.54, 1.807) is 12.1 Å². The average Bonchev–Trinajstić information content (AvgIpc) is 2.34. The molecule has 0 saturated heterocycles. The Bertz CT molecular complexity index is 492. The SMILES string of the molecule is CN(c1cccc(F)c1)C1(CN)CC(C)(C)CC(C)(C)C1. The standard InChI is InChI=1S/C18H29FN2/c1-16(2)10-17(3,4)12-18(11-16,13-20)21(5)15-8-6-7-14(19)9-15/h6-9H,10-13,20H2,1-5H3. The van der Waals surface area contributed by atoms with E-state index in [0.717, 1.165) is 18.5 Å². The fraction of sp³-hybridized carbons (Fsp3) is 0.667. The molecule has 21 heavy (non-hydrogen) atoms. The van der Waals surface area contributed by atoms with Crippen LogP contribution in [0.2, 0.25) is 0 Å². The number of nitrogens with zero attached hydrogens (tertiary/aromatic N) is 1. The topological polar surface area (TPSA) is 29.3 Å². The van der Waals surface area contributed by atoms with E-state index in [2.05, 4.69) is 39.6 Å². The van der Waals surface area contributed by atoms with Crippen LogP contribution < -0.4 is 10.6 Å². The highest BCUT2D eigenvalue weighted by atomic mass is 19.1. The number of rotatable bonds is 3. The van der Waals surface area contributed by atoms with Crippen LogP contribution in [0.5, 0.6) is 0 Å². The van der Waals surface area contributed by atoms with Gasteiger partial charge in [-0.2, -0.15) is 0 Å². The Balaban J connectivity index is 2.40. The van der Waals surface area contributed by atoms with Crippen LogP contribution in [0.1, 0.15) is 47.0 Å². The number of halogens is 1. The minimum absolute atomic E-state index is 0.112. The van der Waals surface area contributed by atoms with E-state index in [9.17, 15) is 4.39 Å². The molecule has 0 aromatic heterocycles. The summed E-state index contributed by atoms with van der Waals surface area (Å²) in [5, 5.41) is 0. The average molecular weight is 292 g/mol. The molecule has 0 spiro atoms. The lowest BCUT2D eigenvalue weighted by Crippen LogP contribution is -2.60. The van der Waals surface area contributed by atoms with Crippen molar-refractivity contribution in [2.75, 3.05) is 18.5 Å². The molecule has 1 aromatic rings. The summed E-state index contributed by atoms with van der Waals surface area (Å²) in [5.74, 6) is -0.194. The van der Waals surface area contributed by atoms with Gasteiger partial charge >= 0.3 is 0 Å². The van der Waals surface area contributed by atoms with Gasteiger partial charge in [-0.15, -0.1) is 0 Å². The summed E-state index contributed by atoms with van der Waals surface area (Å²) >= 11 is 0. The Labute approximate surface area is 128 Å². The lowest BCUT2D eigenvalue weighted by atomic mass is 9.58. The van der Waals surface area contributed by atoms with Crippen molar-refractivity contribution in [2.45, 2.75) is 52.5 Å². The van der Waals surface area contributed by atoms with E-state index in [1.165, 1.54) is 12.5 Å². The zero-order valence-electron chi connectivity index (χ0n) is 14.0. The van der Waals surface area contributed by atoms with E-state index in [4.69, 9.17) is 5.73 Å². The van der Waals surface area contributed by atoms with E-state index in [0.29, 0.717) is 6.54 Å². The third kappa shape index (κ3) is 3.39. The molecular weight excluding hydrogens is 263 g/mol. The van der Waals surface area contributed by atoms with Gasteiger partial charge in [-0.1, -0.05) is 33.8 Å². The lowest BCUT2D eigenvalue weighted by Gasteiger charge is -2.56. The van der Waals surface area contributed by atoms with Crippen molar-refractivity contribution in [2.24, 2.45) is 16.6 Å². The molecule has 2 N–H and O–H groups in total. The van der Waals surface area contributed by atoms with Crippen LogP contribution in [0.3, 0.4) is 0 Å². The smallest absolute Gasteiger partial charge is 0.125 e. The molecule has 0 radical (unpaired) electrons. The highest BCUT2D eigenvalue weighted by Crippen LogP contribution is 2.52. The van der Waals surface area contributed by atoms with Crippen LogP contribution in [0, 0.1) is 16.6 Å². The minimum atomic E-state index is -0.194. The van der Waals surface area contributed by atoms with Crippen LogP contribution in [-0.2, 0) is 0 Å². The van der Waals surface area contributed by atoms with Crippen molar-refractivity contribution in [1.82, 2.24) is 0 Å². The molecule has 2 nitrogen and oxygen atoms in total. The monoisotopic (exact) mass is 292 g/mol. The highest BCUT2D eigenvalue weighted by Gasteiger charge is 2.48. The van der Waals surface area contributed by atoms with Gasteiger partial charge in [0.25, 0.3) is 0 Å². The molecule has 2 rings (SSSR count). The number of benzene rings is 1. The summed E-state index contributed by atoms with van der Waals surface area (Å²) in [7, 11) is 2.05. The van der Waals surface area contributed by atoms with Gasteiger partial charge in [-0.3, -0.25) is 0 Å². The van der Waals surface area contributed by atoms with Gasteiger partial charge in [0.1, 0.15) is 5.82 Å². The van der Waals surface area contributed by atoms with Gasteiger partial charge < -0.3 is 10.6 Å². The fourth-order valence-electron chi connectivity index (χ4n) is 4.74. The van der Waals surface area contributed by atoms with Crippen LogP contribution in [-0.4, -0.2) is 19.1 Å². The van der Waals surface area contributed by atoms with E-state index < -0.39 is 0 Å².